The van der Waals surface area contributed by atoms with Gasteiger partial charge in [-0.15, -0.1) is 0 Å². The number of benzene rings is 2. The van der Waals surface area contributed by atoms with Gasteiger partial charge in [0.05, 0.1) is 17.3 Å². The number of alkyl halides is 3. The van der Waals surface area contributed by atoms with Crippen LogP contribution in [-0.2, 0) is 18.4 Å². The lowest BCUT2D eigenvalue weighted by molar-refractivity contribution is -0.192. The molecule has 41 heavy (non-hydrogen) atoms. The Bertz CT molecular complexity index is 1710. The summed E-state index contributed by atoms with van der Waals surface area (Å²) in [7, 11) is 1.55. The summed E-state index contributed by atoms with van der Waals surface area (Å²) in [4.78, 5) is 55.4. The Kier molecular flexibility index (Phi) is 8.63. The standard InChI is InChI=1S/C24H23ClN6O3.C2HF3O2/c1-28-21-20(22(33)30(24(28)34)15-19(32)16-7-3-2-4-8-16)31(18-10-6-5-9-17(18)25)23(27-21)29-13-11-26-12-14-29;3-2(4,5)1(6)7/h2-10,26H,11-15H2,1H3;(H,6,7). The van der Waals surface area contributed by atoms with Crippen LogP contribution in [0.2, 0.25) is 5.02 Å². The second kappa shape index (κ2) is 12.0. The van der Waals surface area contributed by atoms with Crippen molar-refractivity contribution >= 4 is 40.5 Å². The minimum atomic E-state index is -5.08. The van der Waals surface area contributed by atoms with Gasteiger partial charge in [0.1, 0.15) is 0 Å². The fourth-order valence-electron chi connectivity index (χ4n) is 4.25. The molecular formula is C26H24ClF3N6O5. The number of aryl methyl sites for hydroxylation is 1. The summed E-state index contributed by atoms with van der Waals surface area (Å²) >= 11 is 6.54. The van der Waals surface area contributed by atoms with Gasteiger partial charge in [0.2, 0.25) is 5.95 Å². The predicted octanol–water partition coefficient (Wildman–Crippen LogP) is 2.47. The second-order valence-electron chi connectivity index (χ2n) is 8.93. The van der Waals surface area contributed by atoms with Crippen LogP contribution in [0.5, 0.6) is 0 Å². The number of halogens is 4. The highest BCUT2D eigenvalue weighted by atomic mass is 35.5. The molecule has 0 saturated carbocycles. The number of imidazole rings is 1. The molecule has 5 rings (SSSR count). The van der Waals surface area contributed by atoms with Gasteiger partial charge in [-0.1, -0.05) is 54.1 Å². The number of nitrogens with one attached hydrogen (secondary N) is 1. The van der Waals surface area contributed by atoms with E-state index in [-0.39, 0.29) is 23.5 Å². The maximum Gasteiger partial charge on any atom is 0.490 e. The topological polar surface area (TPSA) is 131 Å². The fourth-order valence-corrected chi connectivity index (χ4v) is 4.47. The Morgan fingerprint density at radius 2 is 1.61 bits per heavy atom. The second-order valence-corrected chi connectivity index (χ2v) is 9.34. The number of rotatable bonds is 5. The SMILES string of the molecule is Cn1c(=O)n(CC(=O)c2ccccc2)c(=O)c2c1nc(N1CCNCC1)n2-c1ccccc1Cl.O=C(O)C(F)(F)F. The summed E-state index contributed by atoms with van der Waals surface area (Å²) < 4.78 is 35.7. The number of carboxylic acid groups (broad SMARTS) is 1. The van der Waals surface area contributed by atoms with E-state index in [1.807, 2.05) is 12.1 Å². The van der Waals surface area contributed by atoms with Crippen LogP contribution >= 0.6 is 11.6 Å². The van der Waals surface area contributed by atoms with Crippen LogP contribution in [0.4, 0.5) is 19.1 Å². The fraction of sp³-hybridized carbons (Fsp3) is 0.269. The average molecular weight is 593 g/mol. The number of carbonyl (C=O) groups is 2. The van der Waals surface area contributed by atoms with Crippen molar-refractivity contribution in [2.45, 2.75) is 12.7 Å². The number of piperazine rings is 1. The molecule has 1 aliphatic rings. The number of Topliss-reactive ketones (excluding diaryl/α,β-unsaturated/α-hetero) is 1. The van der Waals surface area contributed by atoms with Crippen LogP contribution in [0.3, 0.4) is 0 Å². The van der Waals surface area contributed by atoms with Crippen molar-refractivity contribution in [1.29, 1.82) is 0 Å². The van der Waals surface area contributed by atoms with Gasteiger partial charge in [-0.2, -0.15) is 18.2 Å². The van der Waals surface area contributed by atoms with Crippen molar-refractivity contribution in [3.63, 3.8) is 0 Å². The Morgan fingerprint density at radius 1 is 1.02 bits per heavy atom. The van der Waals surface area contributed by atoms with E-state index in [2.05, 4.69) is 10.2 Å². The smallest absolute Gasteiger partial charge is 0.475 e. The van der Waals surface area contributed by atoms with Gasteiger partial charge in [-0.05, 0) is 12.1 Å². The molecule has 2 aromatic heterocycles. The lowest BCUT2D eigenvalue weighted by Crippen LogP contribution is -2.44. The number of anilines is 1. The summed E-state index contributed by atoms with van der Waals surface area (Å²) in [6.45, 7) is 2.52. The molecule has 216 valence electrons. The molecule has 0 spiro atoms. The summed E-state index contributed by atoms with van der Waals surface area (Å²) in [5.41, 5.74) is 0.264. The lowest BCUT2D eigenvalue weighted by atomic mass is 10.1. The van der Waals surface area contributed by atoms with Crippen molar-refractivity contribution in [3.8, 4) is 5.69 Å². The molecule has 0 aliphatic carbocycles. The molecule has 0 unspecified atom stereocenters. The van der Waals surface area contributed by atoms with E-state index < -0.39 is 23.4 Å². The van der Waals surface area contributed by atoms with Crippen LogP contribution in [0, 0.1) is 0 Å². The van der Waals surface area contributed by atoms with Crippen molar-refractivity contribution in [2.24, 2.45) is 7.05 Å². The molecule has 1 aliphatic heterocycles. The van der Waals surface area contributed by atoms with Crippen LogP contribution in [0.25, 0.3) is 16.9 Å². The molecular weight excluding hydrogens is 569 g/mol. The number of hydrogen-bond acceptors (Lipinski definition) is 7. The van der Waals surface area contributed by atoms with Crippen molar-refractivity contribution < 1.29 is 27.9 Å². The van der Waals surface area contributed by atoms with E-state index >= 15 is 0 Å². The van der Waals surface area contributed by atoms with Gasteiger partial charge in [0.25, 0.3) is 5.56 Å². The molecule has 1 fully saturated rings. The number of nitrogens with zero attached hydrogens (tertiary/aromatic N) is 5. The van der Waals surface area contributed by atoms with Gasteiger partial charge in [0, 0.05) is 38.8 Å². The van der Waals surface area contributed by atoms with Gasteiger partial charge in [-0.3, -0.25) is 23.3 Å². The number of para-hydroxylation sites is 1. The van der Waals surface area contributed by atoms with Gasteiger partial charge in [-0.25, -0.2) is 9.59 Å². The number of ketones is 1. The van der Waals surface area contributed by atoms with Gasteiger partial charge < -0.3 is 15.3 Å². The summed E-state index contributed by atoms with van der Waals surface area (Å²) in [5, 5.41) is 10.9. The maximum atomic E-state index is 13.7. The number of carbonyl (C=O) groups excluding carboxylic acids is 1. The lowest BCUT2D eigenvalue weighted by Gasteiger charge is -2.28. The number of fused-ring (bicyclic) bond motifs is 1. The van der Waals surface area contributed by atoms with Gasteiger partial charge in [0.15, 0.2) is 16.9 Å². The van der Waals surface area contributed by atoms with E-state index in [1.165, 1.54) is 4.57 Å². The first-order valence-electron chi connectivity index (χ1n) is 12.2. The molecule has 3 heterocycles. The average Bonchev–Trinajstić information content (AvgIpc) is 3.36. The summed E-state index contributed by atoms with van der Waals surface area (Å²) in [5.74, 6) is -2.55. The van der Waals surface area contributed by atoms with E-state index in [0.29, 0.717) is 35.3 Å². The van der Waals surface area contributed by atoms with E-state index in [1.54, 1.807) is 54.1 Å². The van der Waals surface area contributed by atoms with Crippen LogP contribution in [-0.4, -0.2) is 67.9 Å². The predicted molar refractivity (Wildman–Crippen MR) is 145 cm³/mol. The minimum absolute atomic E-state index is 0.199. The van der Waals surface area contributed by atoms with Crippen LogP contribution in [0.1, 0.15) is 10.4 Å². The molecule has 0 atom stereocenters. The molecule has 0 radical (unpaired) electrons. The first-order valence-corrected chi connectivity index (χ1v) is 12.6. The number of hydrogen-bond donors (Lipinski definition) is 2. The zero-order valence-corrected chi connectivity index (χ0v) is 22.3. The highest BCUT2D eigenvalue weighted by Gasteiger charge is 2.38. The number of aromatic nitrogens is 4. The third-order valence-electron chi connectivity index (χ3n) is 6.26. The molecule has 1 saturated heterocycles. The minimum Gasteiger partial charge on any atom is -0.475 e. The number of carboxylic acids is 1. The summed E-state index contributed by atoms with van der Waals surface area (Å²) in [6.07, 6.45) is -5.08. The van der Waals surface area contributed by atoms with Crippen LogP contribution < -0.4 is 21.5 Å². The quantitative estimate of drug-likeness (QED) is 0.338. The maximum absolute atomic E-state index is 13.7. The third kappa shape index (κ3) is 6.18. The van der Waals surface area contributed by atoms with Gasteiger partial charge >= 0.3 is 17.8 Å². The molecule has 2 aromatic carbocycles. The summed E-state index contributed by atoms with van der Waals surface area (Å²) in [6, 6.07) is 15.8. The molecule has 2 N–H and O–H groups in total. The Balaban J connectivity index is 0.000000493. The van der Waals surface area contributed by atoms with E-state index in [0.717, 1.165) is 17.7 Å². The highest BCUT2D eigenvalue weighted by molar-refractivity contribution is 6.32. The van der Waals surface area contributed by atoms with Crippen molar-refractivity contribution in [1.82, 2.24) is 24.0 Å². The molecule has 0 bridgehead atoms. The monoisotopic (exact) mass is 592 g/mol. The number of aliphatic carboxylic acids is 1. The zero-order valence-electron chi connectivity index (χ0n) is 21.6. The van der Waals surface area contributed by atoms with Crippen molar-refractivity contribution in [3.05, 3.63) is 86.0 Å². The van der Waals surface area contributed by atoms with E-state index in [9.17, 15) is 27.6 Å². The first kappa shape index (κ1) is 29.6. The molecule has 15 heteroatoms. The highest BCUT2D eigenvalue weighted by Crippen LogP contribution is 2.29. The Labute approximate surface area is 235 Å². The zero-order chi connectivity index (χ0) is 29.9. The molecule has 4 aromatic rings. The largest absolute Gasteiger partial charge is 0.490 e. The normalized spacial score (nSPS) is 13.5. The molecule has 11 nitrogen and oxygen atoms in total. The first-order chi connectivity index (χ1) is 19.4. The van der Waals surface area contributed by atoms with E-state index in [4.69, 9.17) is 26.5 Å². The van der Waals surface area contributed by atoms with Crippen LogP contribution in [0.15, 0.2) is 64.2 Å². The molecule has 0 amide bonds. The Hall–Kier alpha value is -4.43. The van der Waals surface area contributed by atoms with Crippen molar-refractivity contribution in [2.75, 3.05) is 31.1 Å². The Morgan fingerprint density at radius 3 is 2.20 bits per heavy atom. The third-order valence-corrected chi connectivity index (χ3v) is 6.58.